The molecule has 6 atom stereocenters. The van der Waals surface area contributed by atoms with Gasteiger partial charge in [0.1, 0.15) is 19.3 Å². The summed E-state index contributed by atoms with van der Waals surface area (Å²) in [7, 11) is -9.92. The van der Waals surface area contributed by atoms with E-state index in [0.717, 1.165) is 102 Å². The number of ether oxygens (including phenoxy) is 4. The zero-order chi connectivity index (χ0) is 74.2. The minimum Gasteiger partial charge on any atom is -0.462 e. The molecule has 0 fully saturated rings. The van der Waals surface area contributed by atoms with Gasteiger partial charge in [-0.1, -0.05) is 382 Å². The van der Waals surface area contributed by atoms with Gasteiger partial charge in [-0.2, -0.15) is 0 Å². The molecule has 0 rings (SSSR count). The Morgan fingerprint density at radius 2 is 0.505 bits per heavy atom. The second-order valence-electron chi connectivity index (χ2n) is 30.2. The van der Waals surface area contributed by atoms with E-state index >= 15 is 0 Å². The molecule has 0 aromatic carbocycles. The number of esters is 4. The molecule has 0 amide bonds. The van der Waals surface area contributed by atoms with Gasteiger partial charge < -0.3 is 33.8 Å². The summed E-state index contributed by atoms with van der Waals surface area (Å²) < 4.78 is 68.8. The summed E-state index contributed by atoms with van der Waals surface area (Å²) in [6.07, 6.45) is 63.6. The second kappa shape index (κ2) is 73.6. The smallest absolute Gasteiger partial charge is 0.462 e. The maximum Gasteiger partial charge on any atom is 0.472 e. The molecule has 600 valence electrons. The quantitative estimate of drug-likeness (QED) is 0.0222. The molecule has 101 heavy (non-hydrogen) atoms. The lowest BCUT2D eigenvalue weighted by Crippen LogP contribution is -2.30. The van der Waals surface area contributed by atoms with Crippen molar-refractivity contribution < 1.29 is 80.2 Å². The van der Waals surface area contributed by atoms with E-state index < -0.39 is 97.5 Å². The van der Waals surface area contributed by atoms with E-state index in [1.165, 1.54) is 250 Å². The van der Waals surface area contributed by atoms with Crippen molar-refractivity contribution in [3.63, 3.8) is 0 Å². The van der Waals surface area contributed by atoms with Gasteiger partial charge in [-0.3, -0.25) is 37.3 Å². The Bertz CT molecular complexity index is 1940. The Morgan fingerprint density at radius 3 is 0.752 bits per heavy atom. The van der Waals surface area contributed by atoms with E-state index in [4.69, 9.17) is 37.0 Å². The highest BCUT2D eigenvalue weighted by Gasteiger charge is 2.30. The predicted molar refractivity (Wildman–Crippen MR) is 414 cm³/mol. The van der Waals surface area contributed by atoms with Crippen LogP contribution in [0.1, 0.15) is 433 Å². The van der Waals surface area contributed by atoms with Gasteiger partial charge in [-0.05, 0) is 37.5 Å². The summed E-state index contributed by atoms with van der Waals surface area (Å²) in [5.41, 5.74) is 0. The molecule has 0 radical (unpaired) electrons. The molecule has 19 heteroatoms. The van der Waals surface area contributed by atoms with Crippen LogP contribution < -0.4 is 0 Å². The van der Waals surface area contributed by atoms with Crippen molar-refractivity contribution in [1.29, 1.82) is 0 Å². The first-order chi connectivity index (χ1) is 48.9. The normalized spacial score (nSPS) is 14.2. The predicted octanol–water partition coefficient (Wildman–Crippen LogP) is 24.7. The van der Waals surface area contributed by atoms with Gasteiger partial charge in [0, 0.05) is 25.7 Å². The van der Waals surface area contributed by atoms with E-state index in [1.54, 1.807) is 0 Å². The van der Waals surface area contributed by atoms with Crippen LogP contribution in [0.5, 0.6) is 0 Å². The number of hydrogen-bond donors (Lipinski definition) is 3. The fraction of sp³-hybridized carbons (Fsp3) is 0.951. The molecule has 0 bridgehead atoms. The standard InChI is InChI=1S/C82H160O17P2/c1-7-10-12-14-16-18-20-21-22-30-36-42-48-54-60-66-81(86)98-77(70-92-79(84)64-58-52-46-40-32-19-17-15-13-11-8-2)72-96-100(88,89)94-68-76(83)69-95-101(90,91)97-73-78(71-93-80(85)65-59-53-47-41-35-29-25-23-27-33-38-44-50-56-62-74(4)5)99-82(87)67-61-55-49-43-37-31-26-24-28-34-39-45-51-57-63-75(6)9-3/h74-78,83H,7-73H2,1-6H3,(H,88,89)(H,90,91)/t75?,76-,77+,78+/m0/s1. The van der Waals surface area contributed by atoms with Crippen molar-refractivity contribution in [3.8, 4) is 0 Å². The summed E-state index contributed by atoms with van der Waals surface area (Å²) in [5, 5.41) is 10.7. The van der Waals surface area contributed by atoms with E-state index in [2.05, 4.69) is 41.5 Å². The first-order valence-electron chi connectivity index (χ1n) is 42.5. The van der Waals surface area contributed by atoms with Crippen LogP contribution in [0.15, 0.2) is 0 Å². The molecule has 0 saturated heterocycles. The molecule has 17 nitrogen and oxygen atoms in total. The lowest BCUT2D eigenvalue weighted by Gasteiger charge is -2.21. The summed E-state index contributed by atoms with van der Waals surface area (Å²) in [4.78, 5) is 73.1. The van der Waals surface area contributed by atoms with Crippen molar-refractivity contribution in [2.45, 2.75) is 452 Å². The fourth-order valence-electron chi connectivity index (χ4n) is 12.7. The second-order valence-corrected chi connectivity index (χ2v) is 33.1. The Morgan fingerprint density at radius 1 is 0.287 bits per heavy atom. The highest BCUT2D eigenvalue weighted by molar-refractivity contribution is 7.47. The van der Waals surface area contributed by atoms with E-state index in [1.807, 2.05) is 0 Å². The number of aliphatic hydroxyl groups excluding tert-OH is 1. The number of carbonyl (C=O) groups excluding carboxylic acids is 4. The zero-order valence-electron chi connectivity index (χ0n) is 66.2. The van der Waals surface area contributed by atoms with Crippen molar-refractivity contribution in [3.05, 3.63) is 0 Å². The van der Waals surface area contributed by atoms with Crippen molar-refractivity contribution >= 4 is 39.5 Å². The van der Waals surface area contributed by atoms with E-state index in [0.29, 0.717) is 25.7 Å². The highest BCUT2D eigenvalue weighted by Crippen LogP contribution is 2.45. The molecule has 0 saturated carbocycles. The zero-order valence-corrected chi connectivity index (χ0v) is 68.0. The van der Waals surface area contributed by atoms with Crippen LogP contribution in [0.3, 0.4) is 0 Å². The fourth-order valence-corrected chi connectivity index (χ4v) is 14.3. The van der Waals surface area contributed by atoms with Gasteiger partial charge in [0.15, 0.2) is 12.2 Å². The third-order valence-electron chi connectivity index (χ3n) is 19.6. The molecule has 3 unspecified atom stereocenters. The van der Waals surface area contributed by atoms with Crippen LogP contribution in [0.25, 0.3) is 0 Å². The number of unbranched alkanes of at least 4 members (excludes halogenated alkanes) is 50. The number of aliphatic hydroxyl groups is 1. The molecule has 0 heterocycles. The Hall–Kier alpha value is -1.94. The topological polar surface area (TPSA) is 237 Å². The third kappa shape index (κ3) is 74.7. The average Bonchev–Trinajstić information content (AvgIpc) is 1.58. The number of carbonyl (C=O) groups is 4. The molecule has 0 aliphatic heterocycles. The minimum absolute atomic E-state index is 0.108. The van der Waals surface area contributed by atoms with Crippen molar-refractivity contribution in [2.24, 2.45) is 11.8 Å². The Balaban J connectivity index is 5.26. The summed E-state index contributed by atoms with van der Waals surface area (Å²) >= 11 is 0. The summed E-state index contributed by atoms with van der Waals surface area (Å²) in [6.45, 7) is 9.73. The number of phosphoric ester groups is 2. The van der Waals surface area contributed by atoms with Crippen molar-refractivity contribution in [1.82, 2.24) is 0 Å². The Kier molecular flexibility index (Phi) is 72.2. The van der Waals surface area contributed by atoms with Gasteiger partial charge >= 0.3 is 39.5 Å². The van der Waals surface area contributed by atoms with Crippen molar-refractivity contribution in [2.75, 3.05) is 39.6 Å². The molecule has 0 aliphatic rings. The minimum atomic E-state index is -4.96. The van der Waals surface area contributed by atoms with Gasteiger partial charge in [-0.25, -0.2) is 9.13 Å². The molecule has 0 aliphatic carbocycles. The van der Waals surface area contributed by atoms with Crippen LogP contribution in [-0.4, -0.2) is 96.7 Å². The third-order valence-corrected chi connectivity index (χ3v) is 21.5. The number of hydrogen-bond acceptors (Lipinski definition) is 15. The Labute approximate surface area is 619 Å². The first-order valence-corrected chi connectivity index (χ1v) is 45.5. The van der Waals surface area contributed by atoms with Gasteiger partial charge in [-0.15, -0.1) is 0 Å². The van der Waals surface area contributed by atoms with Gasteiger partial charge in [0.2, 0.25) is 0 Å². The molecule has 0 spiro atoms. The number of rotatable bonds is 81. The summed E-state index contributed by atoms with van der Waals surface area (Å²) in [5.74, 6) is -0.459. The lowest BCUT2D eigenvalue weighted by molar-refractivity contribution is -0.161. The molecular formula is C82H160O17P2. The van der Waals surface area contributed by atoms with Crippen LogP contribution in [0.4, 0.5) is 0 Å². The van der Waals surface area contributed by atoms with Gasteiger partial charge in [0.05, 0.1) is 26.4 Å². The summed E-state index contributed by atoms with van der Waals surface area (Å²) in [6, 6.07) is 0. The molecule has 0 aromatic heterocycles. The average molecular weight is 1480 g/mol. The SMILES string of the molecule is CCCCCCCCCCCCCCCCCC(=O)O[C@H](COC(=O)CCCCCCCCCCCCC)COP(=O)(O)OC[C@H](O)COP(=O)(O)OC[C@@H](COC(=O)CCCCCCCCCCCCCCCCC(C)C)OC(=O)CCCCCCCCCCCCCCCCC(C)CC. The molecular weight excluding hydrogens is 1320 g/mol. The van der Waals surface area contributed by atoms with E-state index in [-0.39, 0.29) is 25.7 Å². The molecule has 3 N–H and O–H groups in total. The first kappa shape index (κ1) is 99.1. The molecule has 0 aromatic rings. The van der Waals surface area contributed by atoms with Gasteiger partial charge in [0.25, 0.3) is 0 Å². The highest BCUT2D eigenvalue weighted by atomic mass is 31.2. The largest absolute Gasteiger partial charge is 0.472 e. The number of phosphoric acid groups is 2. The van der Waals surface area contributed by atoms with E-state index in [9.17, 15) is 43.2 Å². The lowest BCUT2D eigenvalue weighted by atomic mass is 9.99. The van der Waals surface area contributed by atoms with Crippen LogP contribution in [0, 0.1) is 11.8 Å². The maximum absolute atomic E-state index is 13.1. The maximum atomic E-state index is 13.1. The van der Waals surface area contributed by atoms with Crippen LogP contribution in [-0.2, 0) is 65.4 Å². The van der Waals surface area contributed by atoms with Crippen LogP contribution >= 0.6 is 15.6 Å². The monoisotopic (exact) mass is 1480 g/mol. The van der Waals surface area contributed by atoms with Crippen LogP contribution in [0.2, 0.25) is 0 Å².